The third-order valence-electron chi connectivity index (χ3n) is 1.46. The first-order valence-corrected chi connectivity index (χ1v) is 4.04. The van der Waals surface area contributed by atoms with E-state index in [1.54, 1.807) is 7.11 Å². The highest BCUT2D eigenvalue weighted by molar-refractivity contribution is 4.88. The Morgan fingerprint density at radius 3 is 2.50 bits per heavy atom. The van der Waals surface area contributed by atoms with E-state index in [0.717, 1.165) is 12.8 Å². The van der Waals surface area contributed by atoms with Crippen molar-refractivity contribution >= 4 is 0 Å². The van der Waals surface area contributed by atoms with Gasteiger partial charge in [-0.15, -0.1) is 0 Å². The molecule has 0 aliphatic heterocycles. The van der Waals surface area contributed by atoms with Crippen LogP contribution < -0.4 is 0 Å². The van der Waals surface area contributed by atoms with Crippen molar-refractivity contribution in [3.63, 3.8) is 0 Å². The summed E-state index contributed by atoms with van der Waals surface area (Å²) in [7, 11) is 1.76. The van der Waals surface area contributed by atoms with Gasteiger partial charge in [0.25, 0.3) is 0 Å². The molecule has 0 aliphatic rings. The van der Waals surface area contributed by atoms with Gasteiger partial charge in [-0.05, 0) is 12.8 Å². The van der Waals surface area contributed by atoms with Gasteiger partial charge in [0.1, 0.15) is 0 Å². The zero-order valence-corrected chi connectivity index (χ0v) is 7.26. The van der Waals surface area contributed by atoms with Gasteiger partial charge >= 0.3 is 0 Å². The molecule has 10 heavy (non-hydrogen) atoms. The van der Waals surface area contributed by atoms with E-state index in [4.69, 9.17) is 4.74 Å². The van der Waals surface area contributed by atoms with E-state index in [1.807, 2.05) is 0 Å². The molecule has 1 heteroatoms. The molecular weight excluding hydrogens is 124 g/mol. The van der Waals surface area contributed by atoms with Crippen molar-refractivity contribution in [3.05, 3.63) is 12.2 Å². The lowest BCUT2D eigenvalue weighted by Crippen LogP contribution is -2.05. The second-order valence-electron chi connectivity index (χ2n) is 2.40. The smallest absolute Gasteiger partial charge is 0.0751 e. The fourth-order valence-corrected chi connectivity index (χ4v) is 0.865. The lowest BCUT2D eigenvalue weighted by molar-refractivity contribution is 0.133. The zero-order valence-electron chi connectivity index (χ0n) is 7.26. The molecule has 0 rings (SSSR count). The molecule has 0 aromatic rings. The van der Waals surface area contributed by atoms with Crippen LogP contribution in [-0.4, -0.2) is 13.2 Å². The first-order valence-electron chi connectivity index (χ1n) is 4.04. The highest BCUT2D eigenvalue weighted by Crippen LogP contribution is 2.02. The highest BCUT2D eigenvalue weighted by atomic mass is 16.5. The standard InChI is InChI=1S/C9H18O/c1-4-6-8-9(10-3)7-5-2/h6,8-9H,4-5,7H2,1-3H3/b8-6+. The van der Waals surface area contributed by atoms with E-state index in [-0.39, 0.29) is 0 Å². The topological polar surface area (TPSA) is 9.23 Å². The minimum Gasteiger partial charge on any atom is -0.377 e. The van der Waals surface area contributed by atoms with Gasteiger partial charge in [0.2, 0.25) is 0 Å². The Labute approximate surface area is 64.1 Å². The predicted octanol–water partition coefficient (Wildman–Crippen LogP) is 2.77. The Morgan fingerprint density at radius 1 is 1.40 bits per heavy atom. The van der Waals surface area contributed by atoms with E-state index in [1.165, 1.54) is 6.42 Å². The van der Waals surface area contributed by atoms with Crippen molar-refractivity contribution in [1.82, 2.24) is 0 Å². The SMILES string of the molecule is CC/C=C/C(CCC)OC. The molecule has 0 aromatic heterocycles. The van der Waals surface area contributed by atoms with E-state index in [2.05, 4.69) is 26.0 Å². The average Bonchev–Trinajstić information content (AvgIpc) is 1.98. The number of hydrogen-bond acceptors (Lipinski definition) is 1. The maximum absolute atomic E-state index is 5.21. The molecule has 0 saturated carbocycles. The molecule has 0 radical (unpaired) electrons. The molecule has 0 spiro atoms. The molecule has 0 saturated heterocycles. The van der Waals surface area contributed by atoms with E-state index in [0.29, 0.717) is 6.10 Å². The second kappa shape index (κ2) is 6.81. The largest absolute Gasteiger partial charge is 0.377 e. The van der Waals surface area contributed by atoms with Crippen LogP contribution in [0.15, 0.2) is 12.2 Å². The normalized spacial score (nSPS) is 14.3. The van der Waals surface area contributed by atoms with Gasteiger partial charge < -0.3 is 4.74 Å². The third kappa shape index (κ3) is 4.57. The summed E-state index contributed by atoms with van der Waals surface area (Å²) in [6.07, 6.45) is 8.06. The molecule has 0 N–H and O–H groups in total. The third-order valence-corrected chi connectivity index (χ3v) is 1.46. The zero-order chi connectivity index (χ0) is 7.82. The Hall–Kier alpha value is -0.300. The predicted molar refractivity (Wildman–Crippen MR) is 45.1 cm³/mol. The van der Waals surface area contributed by atoms with Crippen LogP contribution in [0, 0.1) is 0 Å². The molecule has 0 amide bonds. The fourth-order valence-electron chi connectivity index (χ4n) is 0.865. The van der Waals surface area contributed by atoms with Crippen molar-refractivity contribution in [1.29, 1.82) is 0 Å². The summed E-state index contributed by atoms with van der Waals surface area (Å²) in [5.41, 5.74) is 0. The Morgan fingerprint density at radius 2 is 2.10 bits per heavy atom. The molecule has 0 aliphatic carbocycles. The van der Waals surface area contributed by atoms with Crippen LogP contribution in [0.2, 0.25) is 0 Å². The maximum atomic E-state index is 5.21. The van der Waals surface area contributed by atoms with Crippen LogP contribution in [0.25, 0.3) is 0 Å². The Balaban J connectivity index is 3.48. The molecule has 0 bridgehead atoms. The van der Waals surface area contributed by atoms with E-state index in [9.17, 15) is 0 Å². The monoisotopic (exact) mass is 142 g/mol. The highest BCUT2D eigenvalue weighted by Gasteiger charge is 1.97. The van der Waals surface area contributed by atoms with Crippen molar-refractivity contribution in [3.8, 4) is 0 Å². The van der Waals surface area contributed by atoms with Crippen molar-refractivity contribution in [2.75, 3.05) is 7.11 Å². The molecule has 0 heterocycles. The molecule has 60 valence electrons. The molecule has 1 nitrogen and oxygen atoms in total. The molecule has 1 unspecified atom stereocenters. The number of rotatable bonds is 5. The van der Waals surface area contributed by atoms with Crippen LogP contribution in [0.3, 0.4) is 0 Å². The van der Waals surface area contributed by atoms with Crippen LogP contribution in [0.1, 0.15) is 33.1 Å². The van der Waals surface area contributed by atoms with Crippen molar-refractivity contribution in [2.45, 2.75) is 39.2 Å². The van der Waals surface area contributed by atoms with Crippen LogP contribution in [0.4, 0.5) is 0 Å². The molecule has 0 fully saturated rings. The summed E-state index contributed by atoms with van der Waals surface area (Å²) in [5.74, 6) is 0. The molecular formula is C9H18O. The summed E-state index contributed by atoms with van der Waals surface area (Å²) in [5, 5.41) is 0. The summed E-state index contributed by atoms with van der Waals surface area (Å²) in [6.45, 7) is 4.31. The molecule has 1 atom stereocenters. The minimum absolute atomic E-state index is 0.338. The average molecular weight is 142 g/mol. The first-order chi connectivity index (χ1) is 4.85. The van der Waals surface area contributed by atoms with Gasteiger partial charge in [-0.1, -0.05) is 32.4 Å². The fraction of sp³-hybridized carbons (Fsp3) is 0.778. The first kappa shape index (κ1) is 9.70. The Kier molecular flexibility index (Phi) is 6.61. The maximum Gasteiger partial charge on any atom is 0.0751 e. The van der Waals surface area contributed by atoms with E-state index >= 15 is 0 Å². The second-order valence-corrected chi connectivity index (χ2v) is 2.40. The Bertz CT molecular complexity index is 86.7. The number of allylic oxidation sites excluding steroid dienone is 1. The van der Waals surface area contributed by atoms with Crippen LogP contribution in [-0.2, 0) is 4.74 Å². The number of ether oxygens (including phenoxy) is 1. The number of methoxy groups -OCH3 is 1. The van der Waals surface area contributed by atoms with Crippen molar-refractivity contribution < 1.29 is 4.74 Å². The van der Waals surface area contributed by atoms with Gasteiger partial charge in [0, 0.05) is 7.11 Å². The van der Waals surface area contributed by atoms with E-state index < -0.39 is 0 Å². The van der Waals surface area contributed by atoms with Crippen LogP contribution in [0.5, 0.6) is 0 Å². The summed E-state index contributed by atoms with van der Waals surface area (Å²) >= 11 is 0. The van der Waals surface area contributed by atoms with Crippen LogP contribution >= 0.6 is 0 Å². The molecule has 0 aromatic carbocycles. The lowest BCUT2D eigenvalue weighted by atomic mass is 10.2. The van der Waals surface area contributed by atoms with Gasteiger partial charge in [-0.25, -0.2) is 0 Å². The van der Waals surface area contributed by atoms with Gasteiger partial charge in [-0.2, -0.15) is 0 Å². The number of hydrogen-bond donors (Lipinski definition) is 0. The minimum atomic E-state index is 0.338. The summed E-state index contributed by atoms with van der Waals surface area (Å²) in [6, 6.07) is 0. The van der Waals surface area contributed by atoms with Gasteiger partial charge in [-0.3, -0.25) is 0 Å². The van der Waals surface area contributed by atoms with Crippen molar-refractivity contribution in [2.24, 2.45) is 0 Å². The summed E-state index contributed by atoms with van der Waals surface area (Å²) < 4.78 is 5.21. The lowest BCUT2D eigenvalue weighted by Gasteiger charge is -2.07. The van der Waals surface area contributed by atoms with Gasteiger partial charge in [0.05, 0.1) is 6.10 Å². The quantitative estimate of drug-likeness (QED) is 0.536. The summed E-state index contributed by atoms with van der Waals surface area (Å²) in [4.78, 5) is 0. The van der Waals surface area contributed by atoms with Gasteiger partial charge in [0.15, 0.2) is 0 Å².